The van der Waals surface area contributed by atoms with E-state index in [2.05, 4.69) is 35.4 Å². The van der Waals surface area contributed by atoms with Crippen LogP contribution < -0.4 is 5.32 Å². The highest BCUT2D eigenvalue weighted by Gasteiger charge is 2.15. The lowest BCUT2D eigenvalue weighted by Crippen LogP contribution is -2.22. The van der Waals surface area contributed by atoms with Gasteiger partial charge in [0, 0.05) is 36.1 Å². The van der Waals surface area contributed by atoms with Crippen LogP contribution in [-0.2, 0) is 13.0 Å². The van der Waals surface area contributed by atoms with Crippen molar-refractivity contribution in [3.05, 3.63) is 35.0 Å². The Morgan fingerprint density at radius 3 is 3.14 bits per heavy atom. The number of aryl methyl sites for hydroxylation is 1. The molecule has 2 heteroatoms. The normalized spacial score (nSPS) is 15.8. The average molecular weight is 186 g/mol. The number of benzene rings is 1. The fourth-order valence-electron chi connectivity index (χ4n) is 2.40. The molecule has 1 aromatic carbocycles. The van der Waals surface area contributed by atoms with Crippen molar-refractivity contribution in [3.63, 3.8) is 0 Å². The molecule has 14 heavy (non-hydrogen) atoms. The summed E-state index contributed by atoms with van der Waals surface area (Å²) in [6.07, 6.45) is 1.13. The maximum Gasteiger partial charge on any atom is 0.0462 e. The molecule has 0 unspecified atom stereocenters. The molecular formula is C12H14N2. The first-order chi connectivity index (χ1) is 6.86. The van der Waals surface area contributed by atoms with Crippen molar-refractivity contribution in [2.75, 3.05) is 6.54 Å². The van der Waals surface area contributed by atoms with Gasteiger partial charge in [0.15, 0.2) is 0 Å². The molecule has 0 amide bonds. The summed E-state index contributed by atoms with van der Waals surface area (Å²) >= 11 is 0. The smallest absolute Gasteiger partial charge is 0.0462 e. The maximum atomic E-state index is 3.52. The van der Waals surface area contributed by atoms with Crippen molar-refractivity contribution < 1.29 is 0 Å². The Labute approximate surface area is 83.3 Å². The number of aromatic amines is 1. The Morgan fingerprint density at radius 1 is 1.29 bits per heavy atom. The summed E-state index contributed by atoms with van der Waals surface area (Å²) in [4.78, 5) is 3.52. The Bertz CT molecular complexity index is 482. The van der Waals surface area contributed by atoms with Gasteiger partial charge < -0.3 is 10.3 Å². The van der Waals surface area contributed by atoms with E-state index in [0.717, 1.165) is 19.5 Å². The van der Waals surface area contributed by atoms with Gasteiger partial charge in [-0.2, -0.15) is 0 Å². The summed E-state index contributed by atoms with van der Waals surface area (Å²) in [6, 6.07) is 6.47. The highest BCUT2D eigenvalue weighted by molar-refractivity contribution is 5.87. The number of aromatic nitrogens is 1. The van der Waals surface area contributed by atoms with E-state index in [4.69, 9.17) is 0 Å². The molecule has 0 saturated carbocycles. The zero-order chi connectivity index (χ0) is 9.54. The minimum Gasteiger partial charge on any atom is -0.358 e. The molecule has 2 N–H and O–H groups in total. The van der Waals surface area contributed by atoms with Crippen molar-refractivity contribution in [1.82, 2.24) is 10.3 Å². The number of hydrogen-bond acceptors (Lipinski definition) is 1. The molecule has 1 aromatic heterocycles. The predicted molar refractivity (Wildman–Crippen MR) is 58.4 cm³/mol. The van der Waals surface area contributed by atoms with Crippen molar-refractivity contribution in [2.24, 2.45) is 0 Å². The summed E-state index contributed by atoms with van der Waals surface area (Å²) in [5, 5.41) is 4.85. The van der Waals surface area contributed by atoms with E-state index in [1.54, 1.807) is 0 Å². The zero-order valence-electron chi connectivity index (χ0n) is 8.35. The number of rotatable bonds is 0. The zero-order valence-corrected chi connectivity index (χ0v) is 8.35. The summed E-state index contributed by atoms with van der Waals surface area (Å²) in [5.74, 6) is 0. The van der Waals surface area contributed by atoms with Crippen molar-refractivity contribution in [3.8, 4) is 0 Å². The fourth-order valence-corrected chi connectivity index (χ4v) is 2.40. The topological polar surface area (TPSA) is 27.8 Å². The van der Waals surface area contributed by atoms with Crippen LogP contribution in [0, 0.1) is 6.92 Å². The third-order valence-corrected chi connectivity index (χ3v) is 3.08. The van der Waals surface area contributed by atoms with Gasteiger partial charge in [0.2, 0.25) is 0 Å². The van der Waals surface area contributed by atoms with Crippen LogP contribution in [0.1, 0.15) is 16.8 Å². The Kier molecular flexibility index (Phi) is 1.64. The second-order valence-electron chi connectivity index (χ2n) is 4.01. The van der Waals surface area contributed by atoms with Crippen LogP contribution in [0.5, 0.6) is 0 Å². The van der Waals surface area contributed by atoms with Gasteiger partial charge in [0.05, 0.1) is 0 Å². The van der Waals surface area contributed by atoms with Gasteiger partial charge in [-0.05, 0) is 24.1 Å². The van der Waals surface area contributed by atoms with E-state index in [1.807, 2.05) is 0 Å². The van der Waals surface area contributed by atoms with Crippen LogP contribution >= 0.6 is 0 Å². The number of hydrogen-bond donors (Lipinski definition) is 2. The third kappa shape index (κ3) is 1.01. The first kappa shape index (κ1) is 8.06. The van der Waals surface area contributed by atoms with E-state index in [0.29, 0.717) is 0 Å². The minimum absolute atomic E-state index is 1.01. The van der Waals surface area contributed by atoms with Crippen LogP contribution in [-0.4, -0.2) is 11.5 Å². The first-order valence-corrected chi connectivity index (χ1v) is 5.16. The molecule has 0 atom stereocenters. The van der Waals surface area contributed by atoms with Crippen LogP contribution in [0.2, 0.25) is 0 Å². The summed E-state index contributed by atoms with van der Waals surface area (Å²) < 4.78 is 0. The molecule has 0 spiro atoms. The Hall–Kier alpha value is -1.28. The molecule has 0 fully saturated rings. The van der Waals surface area contributed by atoms with Crippen LogP contribution in [0.25, 0.3) is 10.9 Å². The predicted octanol–water partition coefficient (Wildman–Crippen LogP) is 2.12. The van der Waals surface area contributed by atoms with E-state index >= 15 is 0 Å². The molecule has 0 aliphatic carbocycles. The van der Waals surface area contributed by atoms with Crippen molar-refractivity contribution >= 4 is 10.9 Å². The molecule has 3 rings (SSSR count). The summed E-state index contributed by atoms with van der Waals surface area (Å²) in [5.41, 5.74) is 5.57. The van der Waals surface area contributed by atoms with Crippen molar-refractivity contribution in [2.45, 2.75) is 19.9 Å². The molecule has 1 aliphatic rings. The standard InChI is InChI=1S/C12H14N2/c1-8-3-2-4-11-12(8)9-7-13-6-5-10(9)14-11/h2-4,13-14H,5-7H2,1H3. The molecular weight excluding hydrogens is 172 g/mol. The fraction of sp³-hybridized carbons (Fsp3) is 0.333. The number of nitrogens with one attached hydrogen (secondary N) is 2. The molecule has 2 nitrogen and oxygen atoms in total. The average Bonchev–Trinajstić information content (AvgIpc) is 2.57. The van der Waals surface area contributed by atoms with Gasteiger partial charge in [0.1, 0.15) is 0 Å². The highest BCUT2D eigenvalue weighted by Crippen LogP contribution is 2.27. The monoisotopic (exact) mass is 186 g/mol. The van der Waals surface area contributed by atoms with Gasteiger partial charge in [0.25, 0.3) is 0 Å². The SMILES string of the molecule is Cc1cccc2[nH]c3c(c12)CNCC3. The van der Waals surface area contributed by atoms with E-state index in [-0.39, 0.29) is 0 Å². The minimum atomic E-state index is 1.01. The molecule has 0 bridgehead atoms. The van der Waals surface area contributed by atoms with Gasteiger partial charge in [-0.1, -0.05) is 12.1 Å². The first-order valence-electron chi connectivity index (χ1n) is 5.16. The largest absolute Gasteiger partial charge is 0.358 e. The second kappa shape index (κ2) is 2.85. The number of H-pyrrole nitrogens is 1. The maximum absolute atomic E-state index is 3.52. The molecule has 0 radical (unpaired) electrons. The van der Waals surface area contributed by atoms with Gasteiger partial charge in [-0.25, -0.2) is 0 Å². The summed E-state index contributed by atoms with van der Waals surface area (Å²) in [7, 11) is 0. The van der Waals surface area contributed by atoms with Gasteiger partial charge in [-0.15, -0.1) is 0 Å². The highest BCUT2D eigenvalue weighted by atomic mass is 14.9. The third-order valence-electron chi connectivity index (χ3n) is 3.08. The van der Waals surface area contributed by atoms with Crippen LogP contribution in [0.15, 0.2) is 18.2 Å². The molecule has 2 aromatic rings. The second-order valence-corrected chi connectivity index (χ2v) is 4.01. The quantitative estimate of drug-likeness (QED) is 0.648. The Morgan fingerprint density at radius 2 is 2.21 bits per heavy atom. The Balaban J connectivity index is 2.38. The molecule has 1 aliphatic heterocycles. The van der Waals surface area contributed by atoms with E-state index in [1.165, 1.54) is 27.7 Å². The van der Waals surface area contributed by atoms with E-state index < -0.39 is 0 Å². The van der Waals surface area contributed by atoms with Gasteiger partial charge >= 0.3 is 0 Å². The number of fused-ring (bicyclic) bond motifs is 3. The lowest BCUT2D eigenvalue weighted by Gasteiger charge is -2.12. The lowest BCUT2D eigenvalue weighted by atomic mass is 10.0. The van der Waals surface area contributed by atoms with Gasteiger partial charge in [-0.3, -0.25) is 0 Å². The summed E-state index contributed by atoms with van der Waals surface area (Å²) in [6.45, 7) is 4.30. The van der Waals surface area contributed by atoms with E-state index in [9.17, 15) is 0 Å². The van der Waals surface area contributed by atoms with Crippen molar-refractivity contribution in [1.29, 1.82) is 0 Å². The molecule has 2 heterocycles. The molecule has 72 valence electrons. The van der Waals surface area contributed by atoms with Crippen LogP contribution in [0.4, 0.5) is 0 Å². The van der Waals surface area contributed by atoms with Crippen LogP contribution in [0.3, 0.4) is 0 Å². The lowest BCUT2D eigenvalue weighted by molar-refractivity contribution is 0.640. The molecule has 0 saturated heterocycles.